The molecule has 0 saturated carbocycles. The number of nitrogens with one attached hydrogen (secondary N) is 1. The number of halogens is 1. The molecule has 0 radical (unpaired) electrons. The lowest BCUT2D eigenvalue weighted by molar-refractivity contribution is 0.305. The van der Waals surface area contributed by atoms with E-state index in [0.717, 1.165) is 42.3 Å². The molecule has 96 valence electrons. The molecule has 2 nitrogen and oxygen atoms in total. The van der Waals surface area contributed by atoms with Crippen LogP contribution in [0.3, 0.4) is 0 Å². The summed E-state index contributed by atoms with van der Waals surface area (Å²) in [4.78, 5) is 0. The van der Waals surface area contributed by atoms with Gasteiger partial charge >= 0.3 is 0 Å². The van der Waals surface area contributed by atoms with Gasteiger partial charge in [-0.2, -0.15) is 0 Å². The van der Waals surface area contributed by atoms with E-state index in [4.69, 9.17) is 4.74 Å². The molecule has 1 N–H and O–H groups in total. The number of hydrogen-bond acceptors (Lipinski definition) is 2. The Labute approximate surface area is 113 Å². The van der Waals surface area contributed by atoms with Crippen molar-refractivity contribution in [3.8, 4) is 5.75 Å². The van der Waals surface area contributed by atoms with Crippen molar-refractivity contribution in [2.45, 2.75) is 26.7 Å². The summed E-state index contributed by atoms with van der Waals surface area (Å²) in [5.41, 5.74) is 0. The second kappa shape index (κ2) is 8.54. The van der Waals surface area contributed by atoms with Gasteiger partial charge in [-0.05, 0) is 50.0 Å². The smallest absolute Gasteiger partial charge is 0.120 e. The number of rotatable bonds is 8. The Balaban J connectivity index is 2.01. The van der Waals surface area contributed by atoms with E-state index in [-0.39, 0.29) is 0 Å². The highest BCUT2D eigenvalue weighted by Gasteiger charge is 1.95. The van der Waals surface area contributed by atoms with Crippen LogP contribution < -0.4 is 10.1 Å². The molecule has 0 aliphatic rings. The van der Waals surface area contributed by atoms with E-state index in [1.54, 1.807) is 0 Å². The van der Waals surface area contributed by atoms with E-state index in [1.165, 1.54) is 6.42 Å². The van der Waals surface area contributed by atoms with Gasteiger partial charge in [0.15, 0.2) is 0 Å². The number of benzene rings is 1. The Kier molecular flexibility index (Phi) is 7.29. The SMILES string of the molecule is CC(C)CNCCCCOc1cccc(Br)c1. The lowest BCUT2D eigenvalue weighted by Crippen LogP contribution is -2.21. The fourth-order valence-corrected chi connectivity index (χ4v) is 1.87. The number of ether oxygens (including phenoxy) is 1. The maximum Gasteiger partial charge on any atom is 0.120 e. The maximum atomic E-state index is 5.66. The van der Waals surface area contributed by atoms with Crippen molar-refractivity contribution in [3.63, 3.8) is 0 Å². The molecule has 0 aliphatic carbocycles. The summed E-state index contributed by atoms with van der Waals surface area (Å²) >= 11 is 3.43. The molecule has 1 rings (SSSR count). The van der Waals surface area contributed by atoms with Gasteiger partial charge in [-0.15, -0.1) is 0 Å². The van der Waals surface area contributed by atoms with Crippen LogP contribution >= 0.6 is 15.9 Å². The molecule has 0 saturated heterocycles. The second-order valence-electron chi connectivity index (χ2n) is 4.61. The van der Waals surface area contributed by atoms with E-state index in [1.807, 2.05) is 24.3 Å². The molecule has 0 spiro atoms. The average molecular weight is 300 g/mol. The number of unbranched alkanes of at least 4 members (excludes halogenated alkanes) is 1. The van der Waals surface area contributed by atoms with Gasteiger partial charge in [-0.1, -0.05) is 35.8 Å². The standard InChI is InChI=1S/C14H22BrNO/c1-12(2)11-16-8-3-4-9-17-14-7-5-6-13(15)10-14/h5-7,10,12,16H,3-4,8-9,11H2,1-2H3. The van der Waals surface area contributed by atoms with Crippen molar-refractivity contribution in [1.82, 2.24) is 5.32 Å². The summed E-state index contributed by atoms with van der Waals surface area (Å²) in [7, 11) is 0. The molecule has 1 aromatic rings. The molecule has 0 unspecified atom stereocenters. The van der Waals surface area contributed by atoms with Crippen LogP contribution in [0.2, 0.25) is 0 Å². The summed E-state index contributed by atoms with van der Waals surface area (Å²) < 4.78 is 6.72. The maximum absolute atomic E-state index is 5.66. The average Bonchev–Trinajstić information content (AvgIpc) is 2.27. The predicted octanol–water partition coefficient (Wildman–Crippen LogP) is 3.85. The van der Waals surface area contributed by atoms with Gasteiger partial charge in [0.2, 0.25) is 0 Å². The Bertz CT molecular complexity index is 315. The second-order valence-corrected chi connectivity index (χ2v) is 5.53. The lowest BCUT2D eigenvalue weighted by Gasteiger charge is -2.08. The highest BCUT2D eigenvalue weighted by molar-refractivity contribution is 9.10. The normalized spacial score (nSPS) is 10.8. The van der Waals surface area contributed by atoms with Crippen molar-refractivity contribution < 1.29 is 4.74 Å². The van der Waals surface area contributed by atoms with Crippen LogP contribution in [-0.2, 0) is 0 Å². The van der Waals surface area contributed by atoms with E-state index in [0.29, 0.717) is 0 Å². The zero-order valence-electron chi connectivity index (χ0n) is 10.7. The van der Waals surface area contributed by atoms with Gasteiger partial charge in [-0.3, -0.25) is 0 Å². The van der Waals surface area contributed by atoms with Gasteiger partial charge in [-0.25, -0.2) is 0 Å². The summed E-state index contributed by atoms with van der Waals surface area (Å²) in [6, 6.07) is 7.98. The van der Waals surface area contributed by atoms with Gasteiger partial charge in [0, 0.05) is 4.47 Å². The minimum absolute atomic E-state index is 0.730. The lowest BCUT2D eigenvalue weighted by atomic mass is 10.2. The zero-order chi connectivity index (χ0) is 12.5. The molecule has 0 aliphatic heterocycles. The van der Waals surface area contributed by atoms with E-state index >= 15 is 0 Å². The molecule has 0 fully saturated rings. The third-order valence-electron chi connectivity index (χ3n) is 2.37. The zero-order valence-corrected chi connectivity index (χ0v) is 12.3. The van der Waals surface area contributed by atoms with Gasteiger partial charge in [0.05, 0.1) is 6.61 Å². The highest BCUT2D eigenvalue weighted by atomic mass is 79.9. The summed E-state index contributed by atoms with van der Waals surface area (Å²) in [5.74, 6) is 1.67. The molecular formula is C14H22BrNO. The molecular weight excluding hydrogens is 278 g/mol. The Morgan fingerprint density at radius 3 is 2.82 bits per heavy atom. The van der Waals surface area contributed by atoms with Crippen molar-refractivity contribution >= 4 is 15.9 Å². The van der Waals surface area contributed by atoms with Crippen molar-refractivity contribution in [2.24, 2.45) is 5.92 Å². The highest BCUT2D eigenvalue weighted by Crippen LogP contribution is 2.17. The van der Waals surface area contributed by atoms with E-state index < -0.39 is 0 Å². The minimum Gasteiger partial charge on any atom is -0.494 e. The van der Waals surface area contributed by atoms with Crippen LogP contribution in [0.15, 0.2) is 28.7 Å². The van der Waals surface area contributed by atoms with Crippen LogP contribution in [0.4, 0.5) is 0 Å². The fraction of sp³-hybridized carbons (Fsp3) is 0.571. The molecule has 0 aromatic heterocycles. The fourth-order valence-electron chi connectivity index (χ4n) is 1.49. The molecule has 0 bridgehead atoms. The van der Waals surface area contributed by atoms with E-state index in [2.05, 4.69) is 35.1 Å². The van der Waals surface area contributed by atoms with Crippen molar-refractivity contribution in [1.29, 1.82) is 0 Å². The quantitative estimate of drug-likeness (QED) is 0.736. The third kappa shape index (κ3) is 7.40. The van der Waals surface area contributed by atoms with Gasteiger partial charge in [0.1, 0.15) is 5.75 Å². The van der Waals surface area contributed by atoms with Crippen LogP contribution in [0.1, 0.15) is 26.7 Å². The molecule has 0 atom stereocenters. The molecule has 17 heavy (non-hydrogen) atoms. The van der Waals surface area contributed by atoms with Crippen LogP contribution in [-0.4, -0.2) is 19.7 Å². The topological polar surface area (TPSA) is 21.3 Å². The van der Waals surface area contributed by atoms with Crippen molar-refractivity contribution in [2.75, 3.05) is 19.7 Å². The largest absolute Gasteiger partial charge is 0.494 e. The third-order valence-corrected chi connectivity index (χ3v) is 2.86. The number of hydrogen-bond donors (Lipinski definition) is 1. The first-order valence-corrected chi connectivity index (χ1v) is 7.07. The predicted molar refractivity (Wildman–Crippen MR) is 76.6 cm³/mol. The van der Waals surface area contributed by atoms with Crippen LogP contribution in [0, 0.1) is 5.92 Å². The summed E-state index contributed by atoms with van der Waals surface area (Å²) in [5, 5.41) is 3.43. The monoisotopic (exact) mass is 299 g/mol. The molecule has 1 aromatic carbocycles. The molecule has 0 heterocycles. The Morgan fingerprint density at radius 1 is 1.29 bits per heavy atom. The van der Waals surface area contributed by atoms with E-state index in [9.17, 15) is 0 Å². The van der Waals surface area contributed by atoms with Crippen molar-refractivity contribution in [3.05, 3.63) is 28.7 Å². The Hall–Kier alpha value is -0.540. The van der Waals surface area contributed by atoms with Gasteiger partial charge in [0.25, 0.3) is 0 Å². The van der Waals surface area contributed by atoms with Crippen LogP contribution in [0.25, 0.3) is 0 Å². The minimum atomic E-state index is 0.730. The first-order valence-electron chi connectivity index (χ1n) is 6.27. The first kappa shape index (κ1) is 14.5. The molecule has 0 amide bonds. The summed E-state index contributed by atoms with van der Waals surface area (Å²) in [6.45, 7) is 7.43. The van der Waals surface area contributed by atoms with Gasteiger partial charge < -0.3 is 10.1 Å². The van der Waals surface area contributed by atoms with Crippen LogP contribution in [0.5, 0.6) is 5.75 Å². The summed E-state index contributed by atoms with van der Waals surface area (Å²) in [6.07, 6.45) is 2.26. The molecule has 3 heteroatoms. The first-order chi connectivity index (χ1) is 8.18. The Morgan fingerprint density at radius 2 is 2.12 bits per heavy atom.